The van der Waals surface area contributed by atoms with Gasteiger partial charge in [-0.05, 0) is 17.9 Å². The highest BCUT2D eigenvalue weighted by molar-refractivity contribution is 5.82. The van der Waals surface area contributed by atoms with E-state index in [-0.39, 0.29) is 0 Å². The summed E-state index contributed by atoms with van der Waals surface area (Å²) in [5, 5.41) is 22.2. The summed E-state index contributed by atoms with van der Waals surface area (Å²) in [6.07, 6.45) is 0.744. The first-order chi connectivity index (χ1) is 9.54. The molecule has 4 N–H and O–H groups in total. The molecule has 0 fully saturated rings. The van der Waals surface area contributed by atoms with E-state index in [0.717, 1.165) is 6.42 Å². The van der Waals surface area contributed by atoms with Crippen LogP contribution in [0.5, 0.6) is 0 Å². The first kappa shape index (κ1) is 16.0. The molecule has 0 aliphatic carbocycles. The van der Waals surface area contributed by atoms with Gasteiger partial charge < -0.3 is 20.8 Å². The Balaban J connectivity index is 2.30. The predicted octanol–water partition coefficient (Wildman–Crippen LogP) is 0.925. The standard InChI is InChI=1S/C14H20N2O4/c1-10(11-5-3-2-4-6-11)7-8-15-14(20)16-12(9-17)13(18)19/h2-6,10,12,17H,7-9H2,1H3,(H,18,19)(H2,15,16,20)/t10?,12-/m1/s1. The Kier molecular flexibility index (Phi) is 6.52. The lowest BCUT2D eigenvalue weighted by atomic mass is 9.98. The van der Waals surface area contributed by atoms with Crippen LogP contribution >= 0.6 is 0 Å². The monoisotopic (exact) mass is 280 g/mol. The Morgan fingerprint density at radius 3 is 2.45 bits per heavy atom. The lowest BCUT2D eigenvalue weighted by Crippen LogP contribution is -2.48. The molecule has 6 nitrogen and oxygen atoms in total. The molecule has 0 heterocycles. The summed E-state index contributed by atoms with van der Waals surface area (Å²) < 4.78 is 0. The number of aliphatic carboxylic acids is 1. The van der Waals surface area contributed by atoms with Crippen LogP contribution in [0.4, 0.5) is 4.79 Å². The van der Waals surface area contributed by atoms with Crippen molar-refractivity contribution in [2.24, 2.45) is 0 Å². The van der Waals surface area contributed by atoms with Gasteiger partial charge in [0, 0.05) is 6.54 Å². The zero-order valence-corrected chi connectivity index (χ0v) is 11.4. The Labute approximate surface area is 117 Å². The van der Waals surface area contributed by atoms with Gasteiger partial charge >= 0.3 is 12.0 Å². The second kappa shape index (κ2) is 8.16. The highest BCUT2D eigenvalue weighted by Crippen LogP contribution is 2.17. The van der Waals surface area contributed by atoms with Crippen LogP contribution in [-0.2, 0) is 4.79 Å². The molecule has 0 aliphatic heterocycles. The lowest BCUT2D eigenvalue weighted by Gasteiger charge is -2.15. The molecule has 1 rings (SSSR count). The minimum absolute atomic E-state index is 0.296. The fraction of sp³-hybridized carbons (Fsp3) is 0.429. The minimum Gasteiger partial charge on any atom is -0.480 e. The summed E-state index contributed by atoms with van der Waals surface area (Å²) in [5.41, 5.74) is 1.19. The Bertz CT molecular complexity index is 436. The number of aliphatic hydroxyl groups excluding tert-OH is 1. The van der Waals surface area contributed by atoms with Gasteiger partial charge in [0.25, 0.3) is 0 Å². The van der Waals surface area contributed by atoms with Crippen LogP contribution in [0.15, 0.2) is 30.3 Å². The van der Waals surface area contributed by atoms with Gasteiger partial charge in [-0.25, -0.2) is 9.59 Å². The van der Waals surface area contributed by atoms with Crippen molar-refractivity contribution in [3.05, 3.63) is 35.9 Å². The fourth-order valence-electron chi connectivity index (χ4n) is 1.75. The van der Waals surface area contributed by atoms with Crippen molar-refractivity contribution in [2.45, 2.75) is 25.3 Å². The van der Waals surface area contributed by atoms with Crippen molar-refractivity contribution in [1.29, 1.82) is 0 Å². The normalized spacial score (nSPS) is 13.3. The number of benzene rings is 1. The van der Waals surface area contributed by atoms with Crippen LogP contribution in [0, 0.1) is 0 Å². The van der Waals surface area contributed by atoms with Crippen LogP contribution in [0.3, 0.4) is 0 Å². The van der Waals surface area contributed by atoms with Gasteiger partial charge in [-0.15, -0.1) is 0 Å². The SMILES string of the molecule is CC(CCNC(=O)N[C@H](CO)C(=O)O)c1ccccc1. The summed E-state index contributed by atoms with van der Waals surface area (Å²) >= 11 is 0. The predicted molar refractivity (Wildman–Crippen MR) is 74.5 cm³/mol. The molecule has 0 saturated carbocycles. The molecule has 0 radical (unpaired) electrons. The summed E-state index contributed by atoms with van der Waals surface area (Å²) in [6.45, 7) is 1.85. The number of rotatable bonds is 7. The number of urea groups is 1. The summed E-state index contributed by atoms with van der Waals surface area (Å²) in [4.78, 5) is 22.1. The third-order valence-electron chi connectivity index (χ3n) is 3.02. The molecule has 1 aromatic rings. The van der Waals surface area contributed by atoms with Gasteiger partial charge in [0.05, 0.1) is 6.61 Å². The van der Waals surface area contributed by atoms with Crippen LogP contribution in [0.1, 0.15) is 24.8 Å². The third-order valence-corrected chi connectivity index (χ3v) is 3.02. The van der Waals surface area contributed by atoms with Gasteiger partial charge in [0.2, 0.25) is 0 Å². The summed E-state index contributed by atoms with van der Waals surface area (Å²) in [5.74, 6) is -0.968. The smallest absolute Gasteiger partial charge is 0.328 e. The molecular weight excluding hydrogens is 260 g/mol. The molecule has 110 valence electrons. The number of hydrogen-bond acceptors (Lipinski definition) is 3. The lowest BCUT2D eigenvalue weighted by molar-refractivity contribution is -0.140. The minimum atomic E-state index is -1.28. The van der Waals surface area contributed by atoms with Gasteiger partial charge in [-0.3, -0.25) is 0 Å². The average molecular weight is 280 g/mol. The molecule has 6 heteroatoms. The number of carboxylic acids is 1. The molecular formula is C14H20N2O4. The van der Waals surface area contributed by atoms with E-state index >= 15 is 0 Å². The zero-order chi connectivity index (χ0) is 15.0. The number of amides is 2. The van der Waals surface area contributed by atoms with Crippen LogP contribution in [-0.4, -0.2) is 41.4 Å². The second-order valence-electron chi connectivity index (χ2n) is 4.57. The molecule has 1 unspecified atom stereocenters. The summed E-state index contributed by atoms with van der Waals surface area (Å²) in [7, 11) is 0. The number of hydrogen-bond donors (Lipinski definition) is 4. The first-order valence-corrected chi connectivity index (χ1v) is 6.47. The van der Waals surface area contributed by atoms with Crippen molar-refractivity contribution in [3.8, 4) is 0 Å². The number of carboxylic acid groups (broad SMARTS) is 1. The van der Waals surface area contributed by atoms with Crippen molar-refractivity contribution in [1.82, 2.24) is 10.6 Å². The summed E-state index contributed by atoms with van der Waals surface area (Å²) in [6, 6.07) is 8.06. The average Bonchev–Trinajstić information content (AvgIpc) is 2.45. The van der Waals surface area contributed by atoms with E-state index in [1.165, 1.54) is 5.56 Å². The fourth-order valence-corrected chi connectivity index (χ4v) is 1.75. The van der Waals surface area contributed by atoms with Gasteiger partial charge in [-0.1, -0.05) is 37.3 Å². The number of nitrogens with one attached hydrogen (secondary N) is 2. The highest BCUT2D eigenvalue weighted by Gasteiger charge is 2.18. The molecule has 20 heavy (non-hydrogen) atoms. The van der Waals surface area contributed by atoms with E-state index in [2.05, 4.69) is 17.6 Å². The zero-order valence-electron chi connectivity index (χ0n) is 11.4. The molecule has 0 bridgehead atoms. The van der Waals surface area contributed by atoms with Gasteiger partial charge in [0.1, 0.15) is 0 Å². The maximum Gasteiger partial charge on any atom is 0.328 e. The van der Waals surface area contributed by atoms with E-state index < -0.39 is 24.6 Å². The maximum absolute atomic E-state index is 11.4. The van der Waals surface area contributed by atoms with E-state index in [0.29, 0.717) is 12.5 Å². The third kappa shape index (κ3) is 5.27. The second-order valence-corrected chi connectivity index (χ2v) is 4.57. The van der Waals surface area contributed by atoms with E-state index in [4.69, 9.17) is 10.2 Å². The largest absolute Gasteiger partial charge is 0.480 e. The van der Waals surface area contributed by atoms with E-state index in [9.17, 15) is 9.59 Å². The quantitative estimate of drug-likeness (QED) is 0.597. The number of carbonyl (C=O) groups excluding carboxylic acids is 1. The maximum atomic E-state index is 11.4. The highest BCUT2D eigenvalue weighted by atomic mass is 16.4. The van der Waals surface area contributed by atoms with Crippen molar-refractivity contribution < 1.29 is 19.8 Å². The molecule has 0 aliphatic rings. The van der Waals surface area contributed by atoms with E-state index in [1.54, 1.807) is 0 Å². The molecule has 0 aromatic heterocycles. The Morgan fingerprint density at radius 1 is 1.25 bits per heavy atom. The molecule has 0 spiro atoms. The molecule has 0 saturated heterocycles. The van der Waals surface area contributed by atoms with Crippen molar-refractivity contribution in [3.63, 3.8) is 0 Å². The van der Waals surface area contributed by atoms with Gasteiger partial charge in [0.15, 0.2) is 6.04 Å². The molecule has 2 amide bonds. The number of aliphatic hydroxyl groups is 1. The Hall–Kier alpha value is -2.08. The van der Waals surface area contributed by atoms with Gasteiger partial charge in [-0.2, -0.15) is 0 Å². The molecule has 2 atom stereocenters. The molecule has 1 aromatic carbocycles. The first-order valence-electron chi connectivity index (χ1n) is 6.47. The Morgan fingerprint density at radius 2 is 1.90 bits per heavy atom. The van der Waals surface area contributed by atoms with Crippen LogP contribution in [0.2, 0.25) is 0 Å². The van der Waals surface area contributed by atoms with Crippen LogP contribution in [0.25, 0.3) is 0 Å². The van der Waals surface area contributed by atoms with E-state index in [1.807, 2.05) is 30.3 Å². The van der Waals surface area contributed by atoms with Crippen molar-refractivity contribution >= 4 is 12.0 Å². The topological polar surface area (TPSA) is 98.7 Å². The van der Waals surface area contributed by atoms with Crippen LogP contribution < -0.4 is 10.6 Å². The van der Waals surface area contributed by atoms with Crippen molar-refractivity contribution in [2.75, 3.05) is 13.2 Å². The number of carbonyl (C=O) groups is 2.